The smallest absolute Gasteiger partial charge is 0.387 e. The van der Waals surface area contributed by atoms with Crippen LogP contribution in [0.3, 0.4) is 0 Å². The van der Waals surface area contributed by atoms with E-state index in [1.807, 2.05) is 6.07 Å². The summed E-state index contributed by atoms with van der Waals surface area (Å²) in [6.45, 7) is -0.548. The van der Waals surface area contributed by atoms with Gasteiger partial charge in [0.2, 0.25) is 0 Å². The topological polar surface area (TPSA) is 21.3 Å². The van der Waals surface area contributed by atoms with Crippen LogP contribution in [0.4, 0.5) is 14.5 Å². The maximum absolute atomic E-state index is 12.3. The molecule has 2 nitrogen and oxygen atoms in total. The van der Waals surface area contributed by atoms with E-state index in [-0.39, 0.29) is 5.75 Å². The van der Waals surface area contributed by atoms with Gasteiger partial charge < -0.3 is 10.1 Å². The number of para-hydroxylation sites is 2. The predicted molar refractivity (Wildman–Crippen MR) is 68.1 cm³/mol. The molecule has 2 unspecified atom stereocenters. The molecule has 0 bridgehead atoms. The fraction of sp³-hybridized carbons (Fsp3) is 0.571. The number of nitrogens with one attached hydrogen (secondary N) is 1. The fourth-order valence-corrected chi connectivity index (χ4v) is 2.57. The van der Waals surface area contributed by atoms with E-state index in [2.05, 4.69) is 17.0 Å². The van der Waals surface area contributed by atoms with Crippen LogP contribution in [0.1, 0.15) is 32.6 Å². The number of rotatable bonds is 4. The van der Waals surface area contributed by atoms with Crippen molar-refractivity contribution in [3.05, 3.63) is 24.3 Å². The summed E-state index contributed by atoms with van der Waals surface area (Å²) in [6.07, 6.45) is 4.63. The molecule has 1 aromatic carbocycles. The van der Waals surface area contributed by atoms with E-state index in [1.54, 1.807) is 18.2 Å². The molecule has 0 radical (unpaired) electrons. The summed E-state index contributed by atoms with van der Waals surface area (Å²) in [5.41, 5.74) is 0.664. The number of alkyl halides is 2. The molecule has 1 fully saturated rings. The fourth-order valence-electron chi connectivity index (χ4n) is 2.57. The van der Waals surface area contributed by atoms with E-state index in [1.165, 1.54) is 12.8 Å². The van der Waals surface area contributed by atoms with E-state index in [4.69, 9.17) is 0 Å². The minimum absolute atomic E-state index is 0.228. The summed E-state index contributed by atoms with van der Waals surface area (Å²) in [5.74, 6) is 0.921. The summed E-state index contributed by atoms with van der Waals surface area (Å²) >= 11 is 0. The third-order valence-corrected chi connectivity index (χ3v) is 3.40. The molecule has 1 aliphatic carbocycles. The Kier molecular flexibility index (Phi) is 4.39. The first-order valence-electron chi connectivity index (χ1n) is 6.45. The lowest BCUT2D eigenvalue weighted by molar-refractivity contribution is -0.0494. The second-order valence-electron chi connectivity index (χ2n) is 4.99. The van der Waals surface area contributed by atoms with Crippen LogP contribution in [-0.4, -0.2) is 12.7 Å². The molecular weight excluding hydrogens is 236 g/mol. The van der Waals surface area contributed by atoms with Crippen LogP contribution in [0.15, 0.2) is 24.3 Å². The van der Waals surface area contributed by atoms with E-state index < -0.39 is 6.61 Å². The minimum Gasteiger partial charge on any atom is -0.433 e. The van der Waals surface area contributed by atoms with Crippen molar-refractivity contribution < 1.29 is 13.5 Å². The second kappa shape index (κ2) is 6.03. The van der Waals surface area contributed by atoms with Crippen molar-refractivity contribution in [2.45, 2.75) is 45.3 Å². The highest BCUT2D eigenvalue weighted by Gasteiger charge is 2.20. The Hall–Kier alpha value is -1.32. The molecule has 0 heterocycles. The third kappa shape index (κ3) is 3.59. The Morgan fingerprint density at radius 1 is 1.28 bits per heavy atom. The van der Waals surface area contributed by atoms with Crippen molar-refractivity contribution in [2.75, 3.05) is 5.32 Å². The van der Waals surface area contributed by atoms with Crippen LogP contribution >= 0.6 is 0 Å². The molecular formula is C14H19F2NO. The summed E-state index contributed by atoms with van der Waals surface area (Å²) < 4.78 is 29.1. The molecule has 1 saturated carbocycles. The van der Waals surface area contributed by atoms with Crippen LogP contribution in [-0.2, 0) is 0 Å². The number of halogens is 2. The van der Waals surface area contributed by atoms with Crippen molar-refractivity contribution in [3.63, 3.8) is 0 Å². The zero-order valence-corrected chi connectivity index (χ0v) is 10.5. The van der Waals surface area contributed by atoms with Crippen molar-refractivity contribution in [3.8, 4) is 5.75 Å². The largest absolute Gasteiger partial charge is 0.433 e. The molecule has 1 aromatic rings. The quantitative estimate of drug-likeness (QED) is 0.867. The molecule has 1 aliphatic rings. The van der Waals surface area contributed by atoms with E-state index in [9.17, 15) is 8.78 Å². The highest BCUT2D eigenvalue weighted by Crippen LogP contribution is 2.30. The van der Waals surface area contributed by atoms with Gasteiger partial charge >= 0.3 is 6.61 Å². The maximum atomic E-state index is 12.3. The van der Waals surface area contributed by atoms with Gasteiger partial charge in [0.1, 0.15) is 5.75 Å². The molecule has 0 spiro atoms. The predicted octanol–water partition coefficient (Wildman–Crippen LogP) is 4.28. The SMILES string of the molecule is CC1CCCC(Nc2ccccc2OC(F)F)C1. The van der Waals surface area contributed by atoms with Crippen molar-refractivity contribution >= 4 is 5.69 Å². The average Bonchev–Trinajstić information content (AvgIpc) is 2.31. The van der Waals surface area contributed by atoms with Gasteiger partial charge in [-0.3, -0.25) is 0 Å². The molecule has 1 N–H and O–H groups in total. The third-order valence-electron chi connectivity index (χ3n) is 3.40. The van der Waals surface area contributed by atoms with Gasteiger partial charge in [0, 0.05) is 6.04 Å². The zero-order valence-electron chi connectivity index (χ0n) is 10.5. The normalized spacial score (nSPS) is 24.0. The number of benzene rings is 1. The molecule has 18 heavy (non-hydrogen) atoms. The van der Waals surface area contributed by atoms with Gasteiger partial charge in [0.15, 0.2) is 0 Å². The lowest BCUT2D eigenvalue weighted by Gasteiger charge is -2.28. The minimum atomic E-state index is -2.78. The Bertz CT molecular complexity index is 384. The second-order valence-corrected chi connectivity index (χ2v) is 4.99. The van der Waals surface area contributed by atoms with Gasteiger partial charge in [0.25, 0.3) is 0 Å². The van der Waals surface area contributed by atoms with Crippen LogP contribution < -0.4 is 10.1 Å². The van der Waals surface area contributed by atoms with Crippen LogP contribution in [0, 0.1) is 5.92 Å². The Balaban J connectivity index is 2.03. The highest BCUT2D eigenvalue weighted by atomic mass is 19.3. The van der Waals surface area contributed by atoms with Crippen molar-refractivity contribution in [2.24, 2.45) is 5.92 Å². The summed E-state index contributed by atoms with van der Waals surface area (Å²) in [7, 11) is 0. The Morgan fingerprint density at radius 3 is 2.78 bits per heavy atom. The van der Waals surface area contributed by atoms with Gasteiger partial charge in [-0.05, 0) is 30.9 Å². The molecule has 0 aromatic heterocycles. The van der Waals surface area contributed by atoms with Gasteiger partial charge in [-0.25, -0.2) is 0 Å². The van der Waals surface area contributed by atoms with Crippen LogP contribution in [0.25, 0.3) is 0 Å². The van der Waals surface area contributed by atoms with Crippen molar-refractivity contribution in [1.82, 2.24) is 0 Å². The Morgan fingerprint density at radius 2 is 2.06 bits per heavy atom. The van der Waals surface area contributed by atoms with Gasteiger partial charge in [-0.15, -0.1) is 0 Å². The van der Waals surface area contributed by atoms with Gasteiger partial charge in [-0.2, -0.15) is 8.78 Å². The summed E-state index contributed by atoms with van der Waals surface area (Å²) in [4.78, 5) is 0. The lowest BCUT2D eigenvalue weighted by Crippen LogP contribution is -2.26. The standard InChI is InChI=1S/C14H19F2NO/c1-10-5-4-6-11(9-10)17-12-7-2-3-8-13(12)18-14(15)16/h2-3,7-8,10-11,14,17H,4-6,9H2,1H3. The van der Waals surface area contributed by atoms with E-state index in [0.29, 0.717) is 17.6 Å². The molecule has 0 saturated heterocycles. The number of ether oxygens (including phenoxy) is 1. The van der Waals surface area contributed by atoms with Crippen LogP contribution in [0.2, 0.25) is 0 Å². The van der Waals surface area contributed by atoms with Gasteiger partial charge in [0.05, 0.1) is 5.69 Å². The van der Waals surface area contributed by atoms with E-state index in [0.717, 1.165) is 12.8 Å². The number of anilines is 1. The molecule has 2 atom stereocenters. The van der Waals surface area contributed by atoms with Gasteiger partial charge in [-0.1, -0.05) is 31.9 Å². The first-order chi connectivity index (χ1) is 8.65. The average molecular weight is 255 g/mol. The summed E-state index contributed by atoms with van der Waals surface area (Å²) in [5, 5.41) is 3.33. The number of hydrogen-bond acceptors (Lipinski definition) is 2. The maximum Gasteiger partial charge on any atom is 0.387 e. The van der Waals surface area contributed by atoms with Crippen LogP contribution in [0.5, 0.6) is 5.75 Å². The monoisotopic (exact) mass is 255 g/mol. The Labute approximate surface area is 106 Å². The molecule has 0 aliphatic heterocycles. The van der Waals surface area contributed by atoms with Crippen molar-refractivity contribution in [1.29, 1.82) is 0 Å². The first-order valence-corrected chi connectivity index (χ1v) is 6.45. The zero-order chi connectivity index (χ0) is 13.0. The molecule has 100 valence electrons. The summed E-state index contributed by atoms with van der Waals surface area (Å²) in [6, 6.07) is 7.24. The van der Waals surface area contributed by atoms with E-state index >= 15 is 0 Å². The highest BCUT2D eigenvalue weighted by molar-refractivity contribution is 5.56. The molecule has 4 heteroatoms. The first kappa shape index (κ1) is 13.1. The molecule has 2 rings (SSSR count). The lowest BCUT2D eigenvalue weighted by atomic mass is 9.87. The molecule has 0 amide bonds. The number of hydrogen-bond donors (Lipinski definition) is 1.